The fourth-order valence-electron chi connectivity index (χ4n) is 2.95. The van der Waals surface area contributed by atoms with Gasteiger partial charge in [0.15, 0.2) is 0 Å². The Hall–Kier alpha value is -0.860. The molecule has 15 heavy (non-hydrogen) atoms. The maximum Gasteiger partial charge on any atom is 0.0951 e. The highest BCUT2D eigenvalue weighted by Gasteiger charge is 2.35. The monoisotopic (exact) mass is 203 g/mol. The van der Waals surface area contributed by atoms with Crippen LogP contribution >= 0.6 is 0 Å². The SMILES string of the molecule is O[C@@H]1c2ccccc2C[C@H]1N1CCCC1. The van der Waals surface area contributed by atoms with Gasteiger partial charge in [-0.2, -0.15) is 0 Å². The fraction of sp³-hybridized carbons (Fsp3) is 0.538. The van der Waals surface area contributed by atoms with Crippen molar-refractivity contribution in [2.45, 2.75) is 31.4 Å². The molecule has 0 saturated carbocycles. The summed E-state index contributed by atoms with van der Waals surface area (Å²) >= 11 is 0. The first-order chi connectivity index (χ1) is 7.36. The van der Waals surface area contributed by atoms with Crippen molar-refractivity contribution in [2.75, 3.05) is 13.1 Å². The van der Waals surface area contributed by atoms with Gasteiger partial charge in [-0.3, -0.25) is 4.90 Å². The minimum atomic E-state index is -0.265. The van der Waals surface area contributed by atoms with Gasteiger partial charge < -0.3 is 5.11 Å². The largest absolute Gasteiger partial charge is 0.387 e. The lowest BCUT2D eigenvalue weighted by Gasteiger charge is -2.26. The Morgan fingerprint density at radius 3 is 2.60 bits per heavy atom. The quantitative estimate of drug-likeness (QED) is 0.751. The fourth-order valence-corrected chi connectivity index (χ4v) is 2.95. The number of aliphatic hydroxyl groups excluding tert-OH is 1. The van der Waals surface area contributed by atoms with Gasteiger partial charge in [-0.05, 0) is 43.5 Å². The van der Waals surface area contributed by atoms with Gasteiger partial charge in [0.2, 0.25) is 0 Å². The number of hydrogen-bond acceptors (Lipinski definition) is 2. The number of likely N-dealkylation sites (tertiary alicyclic amines) is 1. The second-order valence-electron chi connectivity index (χ2n) is 4.66. The summed E-state index contributed by atoms with van der Waals surface area (Å²) in [5.74, 6) is 0. The molecule has 1 saturated heterocycles. The Balaban J connectivity index is 1.86. The number of aliphatic hydroxyl groups is 1. The molecule has 0 bridgehead atoms. The van der Waals surface area contributed by atoms with Crippen molar-refractivity contribution in [1.82, 2.24) is 4.90 Å². The van der Waals surface area contributed by atoms with Crippen molar-refractivity contribution in [3.8, 4) is 0 Å². The molecular formula is C13H17NO. The normalized spacial score (nSPS) is 30.7. The van der Waals surface area contributed by atoms with E-state index in [9.17, 15) is 5.11 Å². The molecule has 1 aliphatic carbocycles. The van der Waals surface area contributed by atoms with Gasteiger partial charge in [-0.25, -0.2) is 0 Å². The molecule has 0 unspecified atom stereocenters. The molecule has 1 aliphatic heterocycles. The summed E-state index contributed by atoms with van der Waals surface area (Å²) < 4.78 is 0. The summed E-state index contributed by atoms with van der Waals surface area (Å²) in [7, 11) is 0. The maximum absolute atomic E-state index is 10.3. The molecule has 2 nitrogen and oxygen atoms in total. The molecule has 2 atom stereocenters. The third-order valence-corrected chi connectivity index (χ3v) is 3.78. The summed E-state index contributed by atoms with van der Waals surface area (Å²) in [4.78, 5) is 2.45. The molecule has 3 rings (SSSR count). The lowest BCUT2D eigenvalue weighted by molar-refractivity contribution is 0.0750. The lowest BCUT2D eigenvalue weighted by atomic mass is 10.1. The van der Waals surface area contributed by atoms with Crippen LogP contribution in [0, 0.1) is 0 Å². The van der Waals surface area contributed by atoms with Gasteiger partial charge in [0, 0.05) is 6.04 Å². The predicted molar refractivity (Wildman–Crippen MR) is 59.7 cm³/mol. The number of fused-ring (bicyclic) bond motifs is 1. The summed E-state index contributed by atoms with van der Waals surface area (Å²) in [6, 6.07) is 8.64. The molecule has 1 fully saturated rings. The average molecular weight is 203 g/mol. The maximum atomic E-state index is 10.3. The first-order valence-corrected chi connectivity index (χ1v) is 5.86. The van der Waals surface area contributed by atoms with Crippen molar-refractivity contribution in [3.63, 3.8) is 0 Å². The van der Waals surface area contributed by atoms with E-state index >= 15 is 0 Å². The molecule has 1 N–H and O–H groups in total. The molecule has 0 spiro atoms. The standard InChI is InChI=1S/C13H17NO/c15-13-11-6-2-1-5-10(11)9-12(13)14-7-3-4-8-14/h1-2,5-6,12-13,15H,3-4,7-9H2/t12-,13-/m1/s1. The third kappa shape index (κ3) is 1.48. The second kappa shape index (κ2) is 3.62. The van der Waals surface area contributed by atoms with Crippen LogP contribution in [0.3, 0.4) is 0 Å². The van der Waals surface area contributed by atoms with Crippen molar-refractivity contribution in [3.05, 3.63) is 35.4 Å². The van der Waals surface area contributed by atoms with E-state index in [4.69, 9.17) is 0 Å². The number of hydrogen-bond donors (Lipinski definition) is 1. The zero-order chi connectivity index (χ0) is 10.3. The van der Waals surface area contributed by atoms with Crippen LogP contribution in [-0.2, 0) is 6.42 Å². The van der Waals surface area contributed by atoms with Crippen molar-refractivity contribution < 1.29 is 5.11 Å². The van der Waals surface area contributed by atoms with E-state index in [1.165, 1.54) is 18.4 Å². The Labute approximate surface area is 90.5 Å². The number of benzene rings is 1. The minimum Gasteiger partial charge on any atom is -0.387 e. The van der Waals surface area contributed by atoms with Crippen molar-refractivity contribution >= 4 is 0 Å². The molecule has 80 valence electrons. The zero-order valence-corrected chi connectivity index (χ0v) is 8.89. The number of rotatable bonds is 1. The van der Waals surface area contributed by atoms with Crippen LogP contribution in [0.4, 0.5) is 0 Å². The predicted octanol–water partition coefficient (Wildman–Crippen LogP) is 1.74. The van der Waals surface area contributed by atoms with E-state index in [1.807, 2.05) is 6.07 Å². The highest BCUT2D eigenvalue weighted by atomic mass is 16.3. The van der Waals surface area contributed by atoms with E-state index < -0.39 is 0 Å². The summed E-state index contributed by atoms with van der Waals surface area (Å²) in [5, 5.41) is 10.3. The second-order valence-corrected chi connectivity index (χ2v) is 4.66. The summed E-state index contributed by atoms with van der Waals surface area (Å²) in [6.45, 7) is 2.32. The zero-order valence-electron chi connectivity index (χ0n) is 8.89. The molecule has 1 aromatic rings. The molecule has 2 aliphatic rings. The topological polar surface area (TPSA) is 23.5 Å². The third-order valence-electron chi connectivity index (χ3n) is 3.78. The van der Waals surface area contributed by atoms with E-state index in [0.29, 0.717) is 6.04 Å². The Bertz CT molecular complexity index is 357. The van der Waals surface area contributed by atoms with Gasteiger partial charge >= 0.3 is 0 Å². The first-order valence-electron chi connectivity index (χ1n) is 5.86. The highest BCUT2D eigenvalue weighted by Crippen LogP contribution is 2.35. The van der Waals surface area contributed by atoms with Crippen LogP contribution in [0.1, 0.15) is 30.1 Å². The molecule has 0 radical (unpaired) electrons. The molecule has 0 amide bonds. The smallest absolute Gasteiger partial charge is 0.0951 e. The summed E-state index contributed by atoms with van der Waals surface area (Å²) in [5.41, 5.74) is 2.48. The van der Waals surface area contributed by atoms with Gasteiger partial charge in [-0.1, -0.05) is 24.3 Å². The average Bonchev–Trinajstić information content (AvgIpc) is 2.87. The van der Waals surface area contributed by atoms with E-state index in [0.717, 1.165) is 25.1 Å². The van der Waals surface area contributed by atoms with Crippen molar-refractivity contribution in [1.29, 1.82) is 0 Å². The highest BCUT2D eigenvalue weighted by molar-refractivity contribution is 5.35. The summed E-state index contributed by atoms with van der Waals surface area (Å²) in [6.07, 6.45) is 3.34. The lowest BCUT2D eigenvalue weighted by Crippen LogP contribution is -2.35. The minimum absolute atomic E-state index is 0.265. The first kappa shape index (κ1) is 9.37. The Morgan fingerprint density at radius 2 is 1.87 bits per heavy atom. The van der Waals surface area contributed by atoms with Crippen LogP contribution in [0.15, 0.2) is 24.3 Å². The van der Waals surface area contributed by atoms with Crippen LogP contribution < -0.4 is 0 Å². The number of nitrogens with zero attached hydrogens (tertiary/aromatic N) is 1. The molecular weight excluding hydrogens is 186 g/mol. The van der Waals surface area contributed by atoms with Crippen LogP contribution in [0.25, 0.3) is 0 Å². The van der Waals surface area contributed by atoms with Gasteiger partial charge in [0.25, 0.3) is 0 Å². The Kier molecular flexibility index (Phi) is 2.26. The molecule has 2 heteroatoms. The van der Waals surface area contributed by atoms with Crippen LogP contribution in [0.2, 0.25) is 0 Å². The Morgan fingerprint density at radius 1 is 1.13 bits per heavy atom. The van der Waals surface area contributed by atoms with E-state index in [2.05, 4.69) is 23.1 Å². The van der Waals surface area contributed by atoms with E-state index in [-0.39, 0.29) is 6.10 Å². The molecule has 1 heterocycles. The van der Waals surface area contributed by atoms with E-state index in [1.54, 1.807) is 0 Å². The van der Waals surface area contributed by atoms with Gasteiger partial charge in [0.05, 0.1) is 6.10 Å². The van der Waals surface area contributed by atoms with Crippen LogP contribution in [-0.4, -0.2) is 29.1 Å². The van der Waals surface area contributed by atoms with Crippen LogP contribution in [0.5, 0.6) is 0 Å². The molecule has 1 aromatic carbocycles. The molecule has 0 aromatic heterocycles. The van der Waals surface area contributed by atoms with Gasteiger partial charge in [0.1, 0.15) is 0 Å². The van der Waals surface area contributed by atoms with Crippen molar-refractivity contribution in [2.24, 2.45) is 0 Å². The van der Waals surface area contributed by atoms with Gasteiger partial charge in [-0.15, -0.1) is 0 Å².